The summed E-state index contributed by atoms with van der Waals surface area (Å²) >= 11 is 0. The lowest BCUT2D eigenvalue weighted by Gasteiger charge is -2.29. The zero-order valence-electron chi connectivity index (χ0n) is 15.5. The third-order valence-electron chi connectivity index (χ3n) is 4.35. The number of hydrogen-bond donors (Lipinski definition) is 2. The summed E-state index contributed by atoms with van der Waals surface area (Å²) in [5.41, 5.74) is 1.35. The molecule has 2 aliphatic rings. The van der Waals surface area contributed by atoms with Gasteiger partial charge in [-0.2, -0.15) is 9.44 Å². The number of nitrogens with zero attached hydrogens (tertiary/aromatic N) is 4. The van der Waals surface area contributed by atoms with E-state index < -0.39 is 20.0 Å². The predicted octanol–water partition coefficient (Wildman–Crippen LogP) is 0.315. The average molecular weight is 427 g/mol. The van der Waals surface area contributed by atoms with E-state index in [0.717, 1.165) is 13.1 Å². The van der Waals surface area contributed by atoms with E-state index in [-0.39, 0.29) is 10.1 Å². The highest BCUT2D eigenvalue weighted by atomic mass is 32.2. The van der Waals surface area contributed by atoms with Crippen LogP contribution >= 0.6 is 0 Å². The first-order chi connectivity index (χ1) is 13.3. The average Bonchev–Trinajstić information content (AvgIpc) is 2.69. The summed E-state index contributed by atoms with van der Waals surface area (Å²) in [6.45, 7) is 6.07. The van der Waals surface area contributed by atoms with Crippen molar-refractivity contribution < 1.29 is 16.8 Å². The monoisotopic (exact) mass is 426 g/mol. The van der Waals surface area contributed by atoms with Crippen LogP contribution in [0.4, 0.5) is 11.4 Å². The van der Waals surface area contributed by atoms with Gasteiger partial charge in [-0.1, -0.05) is 0 Å². The van der Waals surface area contributed by atoms with Gasteiger partial charge in [0.15, 0.2) is 10.1 Å². The van der Waals surface area contributed by atoms with Crippen LogP contribution in [-0.2, 0) is 20.0 Å². The number of fused-ring (bicyclic) bond motifs is 2. The summed E-state index contributed by atoms with van der Waals surface area (Å²) in [6, 6.07) is 7.01. The molecule has 0 amide bonds. The molecule has 0 unspecified atom stereocenters. The van der Waals surface area contributed by atoms with Crippen molar-refractivity contribution in [2.24, 2.45) is 0 Å². The van der Waals surface area contributed by atoms with Crippen molar-refractivity contribution in [2.75, 3.05) is 36.2 Å². The molecule has 4 rings (SSSR count). The van der Waals surface area contributed by atoms with Gasteiger partial charge in [0.1, 0.15) is 0 Å². The zero-order chi connectivity index (χ0) is 20.4. The molecule has 12 heteroatoms. The Morgan fingerprint density at radius 2 is 1.21 bits per heavy atom. The van der Waals surface area contributed by atoms with E-state index >= 15 is 0 Å². The molecule has 152 valence electrons. The molecule has 0 saturated heterocycles. The Morgan fingerprint density at radius 3 is 1.57 bits per heavy atom. The van der Waals surface area contributed by atoms with Crippen molar-refractivity contribution >= 4 is 31.4 Å². The number of hydrogen-bond acceptors (Lipinski definition) is 8. The molecule has 4 heterocycles. The van der Waals surface area contributed by atoms with E-state index in [1.165, 1.54) is 12.4 Å². The Hall–Kier alpha value is -2.28. The van der Waals surface area contributed by atoms with Crippen molar-refractivity contribution in [1.29, 1.82) is 0 Å². The quantitative estimate of drug-likeness (QED) is 0.703. The summed E-state index contributed by atoms with van der Waals surface area (Å²) < 4.78 is 51.0. The van der Waals surface area contributed by atoms with Crippen LogP contribution in [0.25, 0.3) is 0 Å². The number of pyridine rings is 2. The molecule has 0 atom stereocenters. The lowest BCUT2D eigenvalue weighted by molar-refractivity contribution is 0.565. The summed E-state index contributed by atoms with van der Waals surface area (Å²) in [5, 5.41) is 0.237. The van der Waals surface area contributed by atoms with Gasteiger partial charge >= 0.3 is 0 Å². The summed E-state index contributed by atoms with van der Waals surface area (Å²) in [5.74, 6) is 0. The maximum absolute atomic E-state index is 11.5. The van der Waals surface area contributed by atoms with Gasteiger partial charge in [-0.05, 0) is 38.1 Å². The third kappa shape index (κ3) is 3.94. The highest BCUT2D eigenvalue weighted by Crippen LogP contribution is 2.26. The summed E-state index contributed by atoms with van der Waals surface area (Å²) in [7, 11) is -6.78. The van der Waals surface area contributed by atoms with E-state index in [1.54, 1.807) is 24.3 Å². The van der Waals surface area contributed by atoms with Crippen molar-refractivity contribution in [3.8, 4) is 0 Å². The topological polar surface area (TPSA) is 125 Å². The Labute approximate surface area is 164 Å². The van der Waals surface area contributed by atoms with Crippen LogP contribution in [0.3, 0.4) is 0 Å². The van der Waals surface area contributed by atoms with Crippen LogP contribution < -0.4 is 19.2 Å². The van der Waals surface area contributed by atoms with Crippen LogP contribution in [0.1, 0.15) is 13.8 Å². The molecule has 2 aliphatic heterocycles. The fourth-order valence-electron chi connectivity index (χ4n) is 2.86. The maximum Gasteiger partial charge on any atom is 0.261 e. The fourth-order valence-corrected chi connectivity index (χ4v) is 5.13. The molecule has 0 aromatic carbocycles. The Bertz CT molecular complexity index is 973. The zero-order valence-corrected chi connectivity index (χ0v) is 17.2. The molecule has 0 aliphatic carbocycles. The Morgan fingerprint density at radius 1 is 0.821 bits per heavy atom. The van der Waals surface area contributed by atoms with Crippen LogP contribution in [0, 0.1) is 0 Å². The Balaban J connectivity index is 0.000000161. The largest absolute Gasteiger partial charge is 0.356 e. The first-order valence-electron chi connectivity index (χ1n) is 8.69. The SMILES string of the molecule is CCN1CNS(=O)(=O)c2ncccc21.CCN1CNS(=O)(=O)c2ncccc21. The Kier molecular flexibility index (Phi) is 5.84. The highest BCUT2D eigenvalue weighted by molar-refractivity contribution is 7.89. The standard InChI is InChI=1S/2C8H11N3O2S/c2*1-2-11-6-10-14(12,13)8-7(11)4-3-5-9-8/h2*3-5,10H,2,6H2,1H3. The van der Waals surface area contributed by atoms with E-state index in [4.69, 9.17) is 0 Å². The molecular weight excluding hydrogens is 404 g/mol. The molecule has 28 heavy (non-hydrogen) atoms. The van der Waals surface area contributed by atoms with Gasteiger partial charge in [-0.25, -0.2) is 26.8 Å². The van der Waals surface area contributed by atoms with Crippen molar-refractivity contribution in [2.45, 2.75) is 23.9 Å². The van der Waals surface area contributed by atoms with Gasteiger partial charge < -0.3 is 9.80 Å². The first-order valence-corrected chi connectivity index (χ1v) is 11.7. The van der Waals surface area contributed by atoms with Crippen molar-refractivity contribution in [1.82, 2.24) is 19.4 Å². The molecule has 2 aromatic rings. The molecule has 10 nitrogen and oxygen atoms in total. The van der Waals surface area contributed by atoms with Gasteiger partial charge in [0.05, 0.1) is 24.7 Å². The van der Waals surface area contributed by atoms with E-state index in [9.17, 15) is 16.8 Å². The van der Waals surface area contributed by atoms with E-state index in [0.29, 0.717) is 24.7 Å². The van der Waals surface area contributed by atoms with E-state index in [1.807, 2.05) is 23.6 Å². The van der Waals surface area contributed by atoms with Crippen LogP contribution in [0.15, 0.2) is 46.7 Å². The normalized spacial score (nSPS) is 19.1. The van der Waals surface area contributed by atoms with Gasteiger partial charge in [0.2, 0.25) is 0 Å². The molecule has 0 fully saturated rings. The smallest absolute Gasteiger partial charge is 0.261 e. The van der Waals surface area contributed by atoms with Crippen molar-refractivity contribution in [3.05, 3.63) is 36.7 Å². The van der Waals surface area contributed by atoms with Gasteiger partial charge in [-0.15, -0.1) is 0 Å². The fraction of sp³-hybridized carbons (Fsp3) is 0.375. The van der Waals surface area contributed by atoms with Crippen LogP contribution in [-0.4, -0.2) is 53.2 Å². The second kappa shape index (κ2) is 7.99. The van der Waals surface area contributed by atoms with Gasteiger partial charge in [0, 0.05) is 25.5 Å². The summed E-state index contributed by atoms with van der Waals surface area (Å²) in [4.78, 5) is 11.6. The molecule has 2 aromatic heterocycles. The second-order valence-corrected chi connectivity index (χ2v) is 9.34. The third-order valence-corrected chi connectivity index (χ3v) is 7.01. The van der Waals surface area contributed by atoms with Gasteiger partial charge in [-0.3, -0.25) is 0 Å². The predicted molar refractivity (Wildman–Crippen MR) is 105 cm³/mol. The molecule has 0 spiro atoms. The van der Waals surface area contributed by atoms with Crippen LogP contribution in [0.2, 0.25) is 0 Å². The minimum atomic E-state index is -3.39. The molecule has 0 bridgehead atoms. The van der Waals surface area contributed by atoms with Crippen molar-refractivity contribution in [3.63, 3.8) is 0 Å². The number of nitrogens with one attached hydrogen (secondary N) is 2. The lowest BCUT2D eigenvalue weighted by Crippen LogP contribution is -2.43. The molecular formula is C16H22N6O4S2. The number of anilines is 2. The first kappa shape index (κ1) is 20.5. The second-order valence-electron chi connectivity index (χ2n) is 5.98. The summed E-state index contributed by atoms with van der Waals surface area (Å²) in [6.07, 6.45) is 2.97. The lowest BCUT2D eigenvalue weighted by atomic mass is 10.4. The maximum atomic E-state index is 11.5. The molecule has 0 saturated carbocycles. The van der Waals surface area contributed by atoms with E-state index in [2.05, 4.69) is 19.4 Å². The molecule has 0 radical (unpaired) electrons. The number of sulfonamides is 2. The van der Waals surface area contributed by atoms with Crippen LogP contribution in [0.5, 0.6) is 0 Å². The minimum Gasteiger partial charge on any atom is -0.356 e. The number of aromatic nitrogens is 2. The number of rotatable bonds is 2. The highest BCUT2D eigenvalue weighted by Gasteiger charge is 2.28. The van der Waals surface area contributed by atoms with Gasteiger partial charge in [0.25, 0.3) is 20.0 Å². The molecule has 2 N–H and O–H groups in total. The minimum absolute atomic E-state index is 0.119.